The van der Waals surface area contributed by atoms with E-state index in [2.05, 4.69) is 6.92 Å². The monoisotopic (exact) mass is 384 g/mol. The molecule has 5 nitrogen and oxygen atoms in total. The van der Waals surface area contributed by atoms with Crippen molar-refractivity contribution in [2.75, 3.05) is 26.6 Å². The van der Waals surface area contributed by atoms with Crippen molar-refractivity contribution in [3.8, 4) is 5.69 Å². The number of aryl methyl sites for hydroxylation is 1. The highest BCUT2D eigenvalue weighted by atomic mass is 32.2. The third-order valence-electron chi connectivity index (χ3n) is 4.44. The van der Waals surface area contributed by atoms with Crippen LogP contribution >= 0.6 is 11.8 Å². The van der Waals surface area contributed by atoms with Crippen LogP contribution in [0, 0.1) is 0 Å². The molecule has 0 aliphatic rings. The summed E-state index contributed by atoms with van der Waals surface area (Å²) in [4.78, 5) is 18.1. The average Bonchev–Trinajstić information content (AvgIpc) is 2.71. The number of hydrogen-bond donors (Lipinski definition) is 0. The zero-order valence-electron chi connectivity index (χ0n) is 15.8. The maximum absolute atomic E-state index is 13.3. The van der Waals surface area contributed by atoms with Gasteiger partial charge in [-0.1, -0.05) is 49.0 Å². The van der Waals surface area contributed by atoms with Gasteiger partial charge in [0.1, 0.15) is 0 Å². The molecule has 1 unspecified atom stereocenters. The largest absolute Gasteiger partial charge is 0.382 e. The Kier molecular flexibility index (Phi) is 6.66. The molecule has 0 saturated heterocycles. The Bertz CT molecular complexity index is 971. The molecule has 6 heteroatoms. The minimum absolute atomic E-state index is 0.0512. The smallest absolute Gasteiger partial charge is 0.266 e. The molecular formula is C21H24N2O3S. The zero-order valence-corrected chi connectivity index (χ0v) is 16.7. The zero-order chi connectivity index (χ0) is 19.2. The molecule has 3 rings (SSSR count). The first kappa shape index (κ1) is 19.6. The number of hydrogen-bond acceptors (Lipinski definition) is 5. The normalized spacial score (nSPS) is 12.4. The fraction of sp³-hybridized carbons (Fsp3) is 0.333. The number of rotatable bonds is 8. The Morgan fingerprint density at radius 1 is 1.11 bits per heavy atom. The third kappa shape index (κ3) is 4.24. The summed E-state index contributed by atoms with van der Waals surface area (Å²) in [6, 6.07) is 15.4. The van der Waals surface area contributed by atoms with Gasteiger partial charge < -0.3 is 9.47 Å². The number of fused-ring (bicyclic) bond motifs is 1. The van der Waals surface area contributed by atoms with Crippen LogP contribution in [0.1, 0.15) is 12.5 Å². The molecule has 0 saturated carbocycles. The van der Waals surface area contributed by atoms with Crippen molar-refractivity contribution in [1.29, 1.82) is 0 Å². The van der Waals surface area contributed by atoms with Gasteiger partial charge >= 0.3 is 0 Å². The Morgan fingerprint density at radius 3 is 2.59 bits per heavy atom. The first-order valence-electron chi connectivity index (χ1n) is 8.94. The molecule has 1 atom stereocenters. The standard InChI is InChI=1S/C21H24N2O3S/c1-4-15-9-5-8-12-19(15)23-20(24)17-10-6-7-11-18(17)22-21(23)27-14-16(26-3)13-25-2/h5-12,16H,4,13-14H2,1-3H3. The van der Waals surface area contributed by atoms with Gasteiger partial charge in [-0.05, 0) is 30.2 Å². The number of thioether (sulfide) groups is 1. The van der Waals surface area contributed by atoms with E-state index in [1.807, 2.05) is 48.5 Å². The van der Waals surface area contributed by atoms with E-state index in [4.69, 9.17) is 14.5 Å². The Balaban J connectivity index is 2.14. The molecule has 0 amide bonds. The minimum atomic E-state index is -0.0711. The van der Waals surface area contributed by atoms with Crippen LogP contribution in [0.3, 0.4) is 0 Å². The van der Waals surface area contributed by atoms with Crippen LogP contribution in [0.2, 0.25) is 0 Å². The van der Waals surface area contributed by atoms with Crippen LogP contribution in [0.15, 0.2) is 58.5 Å². The quantitative estimate of drug-likeness (QED) is 0.438. The number of methoxy groups -OCH3 is 2. The number of ether oxygens (including phenoxy) is 2. The average molecular weight is 385 g/mol. The number of nitrogens with zero attached hydrogens (tertiary/aromatic N) is 2. The van der Waals surface area contributed by atoms with Crippen LogP contribution in [0.5, 0.6) is 0 Å². The first-order chi connectivity index (χ1) is 13.2. The van der Waals surface area contributed by atoms with E-state index in [1.165, 1.54) is 11.8 Å². The predicted octanol–water partition coefficient (Wildman–Crippen LogP) is 3.70. The van der Waals surface area contributed by atoms with E-state index in [0.717, 1.165) is 17.7 Å². The molecule has 1 aromatic heterocycles. The molecule has 142 valence electrons. The number of para-hydroxylation sites is 2. The van der Waals surface area contributed by atoms with Gasteiger partial charge in [-0.3, -0.25) is 9.36 Å². The maximum Gasteiger partial charge on any atom is 0.266 e. The lowest BCUT2D eigenvalue weighted by atomic mass is 10.1. The summed E-state index contributed by atoms with van der Waals surface area (Å²) < 4.78 is 12.4. The minimum Gasteiger partial charge on any atom is -0.382 e. The van der Waals surface area contributed by atoms with Crippen molar-refractivity contribution in [2.45, 2.75) is 24.6 Å². The van der Waals surface area contributed by atoms with Crippen LogP contribution in [0.4, 0.5) is 0 Å². The van der Waals surface area contributed by atoms with Gasteiger partial charge in [0.25, 0.3) is 5.56 Å². The van der Waals surface area contributed by atoms with Gasteiger partial charge in [-0.15, -0.1) is 0 Å². The fourth-order valence-electron chi connectivity index (χ4n) is 2.99. The lowest BCUT2D eigenvalue weighted by Gasteiger charge is -2.18. The van der Waals surface area contributed by atoms with Crippen molar-refractivity contribution in [3.05, 3.63) is 64.4 Å². The fourth-order valence-corrected chi connectivity index (χ4v) is 4.03. The molecule has 0 aliphatic heterocycles. The van der Waals surface area contributed by atoms with Crippen LogP contribution in [-0.4, -0.2) is 42.2 Å². The van der Waals surface area contributed by atoms with E-state index in [9.17, 15) is 4.79 Å². The summed E-state index contributed by atoms with van der Waals surface area (Å²) in [5.74, 6) is 0.642. The summed E-state index contributed by atoms with van der Waals surface area (Å²) >= 11 is 1.51. The third-order valence-corrected chi connectivity index (χ3v) is 5.51. The first-order valence-corrected chi connectivity index (χ1v) is 9.92. The second-order valence-electron chi connectivity index (χ2n) is 6.16. The number of aromatic nitrogens is 2. The van der Waals surface area contributed by atoms with Gasteiger partial charge in [-0.2, -0.15) is 0 Å². The molecule has 0 bridgehead atoms. The van der Waals surface area contributed by atoms with Crippen LogP contribution in [-0.2, 0) is 15.9 Å². The van der Waals surface area contributed by atoms with Crippen LogP contribution in [0.25, 0.3) is 16.6 Å². The van der Waals surface area contributed by atoms with E-state index in [0.29, 0.717) is 28.4 Å². The van der Waals surface area contributed by atoms with E-state index >= 15 is 0 Å². The summed E-state index contributed by atoms with van der Waals surface area (Å²) in [7, 11) is 3.32. The van der Waals surface area contributed by atoms with Gasteiger partial charge in [0.2, 0.25) is 0 Å². The predicted molar refractivity (Wildman–Crippen MR) is 110 cm³/mol. The summed E-state index contributed by atoms with van der Waals surface area (Å²) in [6.45, 7) is 2.58. The van der Waals surface area contributed by atoms with E-state index in [1.54, 1.807) is 18.8 Å². The second-order valence-corrected chi connectivity index (χ2v) is 7.15. The van der Waals surface area contributed by atoms with E-state index < -0.39 is 0 Å². The van der Waals surface area contributed by atoms with Crippen molar-refractivity contribution in [1.82, 2.24) is 9.55 Å². The van der Waals surface area contributed by atoms with Crippen molar-refractivity contribution < 1.29 is 9.47 Å². The van der Waals surface area contributed by atoms with Crippen molar-refractivity contribution in [2.24, 2.45) is 0 Å². The van der Waals surface area contributed by atoms with Crippen molar-refractivity contribution >= 4 is 22.7 Å². The second kappa shape index (κ2) is 9.17. The van der Waals surface area contributed by atoms with Gasteiger partial charge in [-0.25, -0.2) is 4.98 Å². The molecule has 2 aromatic carbocycles. The molecule has 27 heavy (non-hydrogen) atoms. The highest BCUT2D eigenvalue weighted by Gasteiger charge is 2.17. The molecule has 3 aromatic rings. The molecule has 0 fully saturated rings. The lowest BCUT2D eigenvalue weighted by Crippen LogP contribution is -2.25. The summed E-state index contributed by atoms with van der Waals surface area (Å²) in [5, 5.41) is 1.28. The van der Waals surface area contributed by atoms with Crippen LogP contribution < -0.4 is 5.56 Å². The molecular weight excluding hydrogens is 360 g/mol. The van der Waals surface area contributed by atoms with Gasteiger partial charge in [0.15, 0.2) is 5.16 Å². The molecule has 0 radical (unpaired) electrons. The Labute approximate surface area is 163 Å². The van der Waals surface area contributed by atoms with Gasteiger partial charge in [0, 0.05) is 20.0 Å². The summed E-state index contributed by atoms with van der Waals surface area (Å²) in [5.41, 5.74) is 2.64. The molecule has 0 aliphatic carbocycles. The van der Waals surface area contributed by atoms with Gasteiger partial charge in [0.05, 0.1) is 29.3 Å². The van der Waals surface area contributed by atoms with Crippen molar-refractivity contribution in [3.63, 3.8) is 0 Å². The Morgan fingerprint density at radius 2 is 1.85 bits per heavy atom. The highest BCUT2D eigenvalue weighted by molar-refractivity contribution is 7.99. The Hall–Kier alpha value is -2.15. The lowest BCUT2D eigenvalue weighted by molar-refractivity contribution is 0.0430. The summed E-state index contributed by atoms with van der Waals surface area (Å²) in [6.07, 6.45) is 0.766. The maximum atomic E-state index is 13.3. The molecule has 1 heterocycles. The SMILES string of the molecule is CCc1ccccc1-n1c(SCC(COC)OC)nc2ccccc2c1=O. The molecule has 0 spiro atoms. The van der Waals surface area contributed by atoms with E-state index in [-0.39, 0.29) is 11.7 Å². The molecule has 0 N–H and O–H groups in total. The number of benzene rings is 2. The topological polar surface area (TPSA) is 53.4 Å². The highest BCUT2D eigenvalue weighted by Crippen LogP contribution is 2.24.